The number of halogens is 8. The number of carbonyl (C=O) groups excluding carboxylic acids is 2. The predicted molar refractivity (Wildman–Crippen MR) is 209 cm³/mol. The second-order valence-corrected chi connectivity index (χ2v) is 13.8. The molecule has 11 nitrogen and oxygen atoms in total. The van der Waals surface area contributed by atoms with E-state index in [0.717, 1.165) is 24.3 Å². The minimum Gasteiger partial charge on any atom is -0.377 e. The van der Waals surface area contributed by atoms with E-state index in [-0.39, 0.29) is 88.6 Å². The molecule has 0 fully saturated rings. The summed E-state index contributed by atoms with van der Waals surface area (Å²) in [7, 11) is 0. The van der Waals surface area contributed by atoms with Crippen LogP contribution in [0.2, 0.25) is 0 Å². The van der Waals surface area contributed by atoms with Crippen molar-refractivity contribution in [2.24, 2.45) is 0 Å². The Morgan fingerprint density at radius 3 is 1.38 bits per heavy atom. The molecule has 0 spiro atoms. The summed E-state index contributed by atoms with van der Waals surface area (Å²) in [5.74, 6) is -8.07. The third kappa shape index (κ3) is 14.1. The fraction of sp³-hybridized carbons (Fsp3) is 0.297. The van der Waals surface area contributed by atoms with Crippen molar-refractivity contribution in [3.63, 3.8) is 0 Å². The van der Waals surface area contributed by atoms with Crippen LogP contribution < -0.4 is 16.1 Å². The number of amides is 1. The van der Waals surface area contributed by atoms with Crippen molar-refractivity contribution in [3.05, 3.63) is 114 Å². The number of hydrogen-bond acceptors (Lipinski definition) is 10. The highest BCUT2D eigenvalue weighted by Crippen LogP contribution is 2.30. The van der Waals surface area contributed by atoms with E-state index in [0.29, 0.717) is 7.14 Å². The molecule has 0 unspecified atom stereocenters. The molecule has 4 aromatic carbocycles. The number of hydrogen-bond donors (Lipinski definition) is 3. The lowest BCUT2D eigenvalue weighted by Gasteiger charge is -2.14. The molecule has 302 valence electrons. The first kappa shape index (κ1) is 45.1. The molecule has 0 atom stereocenters. The number of ether oxygens (including phenoxy) is 5. The Morgan fingerprint density at radius 2 is 0.911 bits per heavy atom. The lowest BCUT2D eigenvalue weighted by molar-refractivity contribution is -0.0256. The van der Waals surface area contributed by atoms with Gasteiger partial charge >= 0.3 is 0 Å². The molecule has 56 heavy (non-hydrogen) atoms. The summed E-state index contributed by atoms with van der Waals surface area (Å²) >= 11 is 3.80. The molecule has 0 aromatic heterocycles. The van der Waals surface area contributed by atoms with Gasteiger partial charge in [0.05, 0.1) is 94.4 Å². The second-order valence-electron chi connectivity index (χ2n) is 11.3. The van der Waals surface area contributed by atoms with Crippen molar-refractivity contribution in [2.45, 2.75) is 0 Å². The molecule has 0 saturated heterocycles. The third-order valence-corrected chi connectivity index (χ3v) is 8.67. The number of hydroxylamine groups is 1. The molecular weight excluding hydrogens is 982 g/mol. The zero-order valence-electron chi connectivity index (χ0n) is 29.3. The molecule has 0 bridgehead atoms. The maximum atomic E-state index is 14.6. The van der Waals surface area contributed by atoms with Crippen molar-refractivity contribution >= 4 is 79.6 Å². The van der Waals surface area contributed by atoms with Gasteiger partial charge in [-0.2, -0.15) is 0 Å². The quantitative estimate of drug-likeness (QED) is 0.0210. The van der Waals surface area contributed by atoms with Gasteiger partial charge in [-0.25, -0.2) is 31.8 Å². The van der Waals surface area contributed by atoms with Gasteiger partial charge in [-0.1, -0.05) is 0 Å². The fourth-order valence-electron chi connectivity index (χ4n) is 4.61. The van der Waals surface area contributed by atoms with Gasteiger partial charge in [-0.05, 0) is 106 Å². The normalized spacial score (nSPS) is 11.1. The molecular formula is C37H35F6I2N3O8. The monoisotopic (exact) mass is 1020 g/mol. The fourth-order valence-corrected chi connectivity index (χ4v) is 5.52. The van der Waals surface area contributed by atoms with E-state index in [1.807, 2.05) is 45.2 Å². The molecule has 0 radical (unpaired) electrons. The first-order chi connectivity index (χ1) is 27.0. The summed E-state index contributed by atoms with van der Waals surface area (Å²) in [6, 6.07) is 11.9. The van der Waals surface area contributed by atoms with Crippen LogP contribution in [0.15, 0.2) is 60.7 Å². The predicted octanol–water partition coefficient (Wildman–Crippen LogP) is 7.84. The van der Waals surface area contributed by atoms with Gasteiger partial charge in [0.2, 0.25) is 0 Å². The molecule has 0 saturated carbocycles. The Morgan fingerprint density at radius 1 is 0.500 bits per heavy atom. The SMILES string of the molecule is O=C(COCCOCCOCCOCCOCCONC(=O)c1ccc(F)c(F)c1Nc1ccc(I)cc1F)c1ccc(F)c(F)c1Nc1ccc(I)cc1F. The van der Waals surface area contributed by atoms with Gasteiger partial charge in [0, 0.05) is 12.7 Å². The van der Waals surface area contributed by atoms with Gasteiger partial charge in [0.1, 0.15) is 18.2 Å². The summed E-state index contributed by atoms with van der Waals surface area (Å²) in [6.45, 7) is 1.21. The molecule has 4 rings (SSSR count). The number of ketones is 1. The van der Waals surface area contributed by atoms with Crippen LogP contribution in [-0.4, -0.2) is 84.4 Å². The second kappa shape index (κ2) is 23.6. The molecule has 0 aliphatic rings. The highest BCUT2D eigenvalue weighted by Gasteiger charge is 2.22. The van der Waals surface area contributed by atoms with Crippen LogP contribution in [0.25, 0.3) is 0 Å². The Bertz CT molecular complexity index is 1810. The topological polar surface area (TPSA) is 126 Å². The average Bonchev–Trinajstić information content (AvgIpc) is 3.16. The summed E-state index contributed by atoms with van der Waals surface area (Å²) < 4.78 is 114. The molecule has 0 heterocycles. The molecule has 1 amide bonds. The number of nitrogens with one attached hydrogen (secondary N) is 3. The van der Waals surface area contributed by atoms with Gasteiger partial charge in [-0.15, -0.1) is 0 Å². The van der Waals surface area contributed by atoms with Crippen LogP contribution in [0.4, 0.5) is 49.1 Å². The highest BCUT2D eigenvalue weighted by atomic mass is 127. The molecule has 3 N–H and O–H groups in total. The zero-order chi connectivity index (χ0) is 40.5. The van der Waals surface area contributed by atoms with Crippen LogP contribution in [0, 0.1) is 42.0 Å². The first-order valence-corrected chi connectivity index (χ1v) is 18.9. The number of benzene rings is 4. The number of rotatable bonds is 24. The number of anilines is 4. The standard InChI is InChI=1S/C37H35F6I2N3O8/c38-26-5-3-24(35(33(26)42)46-30-7-1-22(44)19-28(30)40)32(49)21-55-16-15-53-12-11-51-9-10-52-13-14-54-17-18-56-48-37(50)25-4-6-27(39)34(43)36(25)47-31-8-2-23(45)20-29(31)41/h1-8,19-20,46-47H,9-18,21H2,(H,48,50). The summed E-state index contributed by atoms with van der Waals surface area (Å²) in [6.07, 6.45) is 0. The summed E-state index contributed by atoms with van der Waals surface area (Å²) in [5.41, 5.74) is 0.275. The van der Waals surface area contributed by atoms with E-state index in [4.69, 9.17) is 28.5 Å². The average molecular weight is 1020 g/mol. The Kier molecular flexibility index (Phi) is 19.0. The van der Waals surface area contributed by atoms with Crippen molar-refractivity contribution in [1.29, 1.82) is 0 Å². The maximum absolute atomic E-state index is 14.6. The Hall–Kier alpha value is -3.58. The minimum atomic E-state index is -1.36. The molecule has 4 aromatic rings. The van der Waals surface area contributed by atoms with Gasteiger partial charge < -0.3 is 34.3 Å². The van der Waals surface area contributed by atoms with Crippen LogP contribution in [0.5, 0.6) is 0 Å². The number of carbonyl (C=O) groups is 2. The van der Waals surface area contributed by atoms with E-state index in [1.54, 1.807) is 12.1 Å². The van der Waals surface area contributed by atoms with Gasteiger partial charge in [0.25, 0.3) is 5.91 Å². The smallest absolute Gasteiger partial charge is 0.277 e. The van der Waals surface area contributed by atoms with Crippen LogP contribution in [0.1, 0.15) is 20.7 Å². The van der Waals surface area contributed by atoms with Crippen molar-refractivity contribution in [1.82, 2.24) is 5.48 Å². The molecule has 0 aliphatic carbocycles. The van der Waals surface area contributed by atoms with Gasteiger partial charge in [0.15, 0.2) is 29.1 Å². The Balaban J connectivity index is 0.996. The molecule has 0 aliphatic heterocycles. The van der Waals surface area contributed by atoms with Crippen molar-refractivity contribution < 1.29 is 64.5 Å². The van der Waals surface area contributed by atoms with Crippen LogP contribution in [0.3, 0.4) is 0 Å². The highest BCUT2D eigenvalue weighted by molar-refractivity contribution is 14.1. The maximum Gasteiger partial charge on any atom is 0.277 e. The lowest BCUT2D eigenvalue weighted by atomic mass is 10.1. The minimum absolute atomic E-state index is 0.0355. The summed E-state index contributed by atoms with van der Waals surface area (Å²) in [4.78, 5) is 30.3. The van der Waals surface area contributed by atoms with Gasteiger partial charge in [-0.3, -0.25) is 14.4 Å². The lowest BCUT2D eigenvalue weighted by Crippen LogP contribution is -2.27. The van der Waals surface area contributed by atoms with E-state index >= 15 is 0 Å². The molecule has 19 heteroatoms. The zero-order valence-corrected chi connectivity index (χ0v) is 33.7. The van der Waals surface area contributed by atoms with E-state index in [1.165, 1.54) is 24.3 Å². The van der Waals surface area contributed by atoms with E-state index < -0.39 is 64.6 Å². The van der Waals surface area contributed by atoms with E-state index in [9.17, 15) is 35.9 Å². The van der Waals surface area contributed by atoms with Crippen molar-refractivity contribution in [2.75, 3.05) is 83.3 Å². The Labute approximate surface area is 344 Å². The van der Waals surface area contributed by atoms with Crippen LogP contribution >= 0.6 is 45.2 Å². The van der Waals surface area contributed by atoms with Crippen LogP contribution in [-0.2, 0) is 28.5 Å². The third-order valence-electron chi connectivity index (χ3n) is 7.33. The largest absolute Gasteiger partial charge is 0.377 e. The first-order valence-electron chi connectivity index (χ1n) is 16.7. The summed E-state index contributed by atoms with van der Waals surface area (Å²) in [5, 5.41) is 4.90. The number of Topliss-reactive ketones (excluding diaryl/α,β-unsaturated/α-hetero) is 1. The van der Waals surface area contributed by atoms with Crippen molar-refractivity contribution in [3.8, 4) is 0 Å². The van der Waals surface area contributed by atoms with E-state index in [2.05, 4.69) is 16.1 Å².